The van der Waals surface area contributed by atoms with E-state index in [4.69, 9.17) is 4.74 Å². The summed E-state index contributed by atoms with van der Waals surface area (Å²) >= 11 is 0. The Morgan fingerprint density at radius 3 is 2.47 bits per heavy atom. The van der Waals surface area contributed by atoms with Gasteiger partial charge in [-0.2, -0.15) is 0 Å². The molecular weight excluding hydrogens is 196 g/mol. The van der Waals surface area contributed by atoms with E-state index in [2.05, 4.69) is 5.32 Å². The number of nitrogens with zero attached hydrogens (tertiary/aromatic N) is 1. The summed E-state index contributed by atoms with van der Waals surface area (Å²) in [5, 5.41) is 2.54. The molecule has 5 heteroatoms. The highest BCUT2D eigenvalue weighted by Crippen LogP contribution is 1.92. The Kier molecular flexibility index (Phi) is 7.85. The standard InChI is InChI=1S/C10H20N2O3/c1-4-5-12(7-10(14)11-2)6-9(13)8-15-3/h4-8H2,1-3H3,(H,11,14). The molecule has 0 aromatic carbocycles. The highest BCUT2D eigenvalue weighted by molar-refractivity contribution is 5.83. The molecule has 0 spiro atoms. The van der Waals surface area contributed by atoms with Crippen LogP contribution in [-0.2, 0) is 14.3 Å². The molecule has 0 aliphatic rings. The first-order chi connectivity index (χ1) is 7.13. The van der Waals surface area contributed by atoms with Crippen molar-refractivity contribution in [2.45, 2.75) is 13.3 Å². The summed E-state index contributed by atoms with van der Waals surface area (Å²) in [6.07, 6.45) is 0.914. The monoisotopic (exact) mass is 216 g/mol. The Balaban J connectivity index is 4.02. The third kappa shape index (κ3) is 7.04. The van der Waals surface area contributed by atoms with E-state index in [1.165, 1.54) is 7.11 Å². The summed E-state index contributed by atoms with van der Waals surface area (Å²) < 4.78 is 4.74. The summed E-state index contributed by atoms with van der Waals surface area (Å²) in [5.74, 6) is -0.0801. The minimum Gasteiger partial charge on any atom is -0.377 e. The number of Topliss-reactive ketones (excluding diaryl/α,β-unsaturated/α-hetero) is 1. The molecule has 0 atom stereocenters. The molecule has 0 heterocycles. The zero-order valence-corrected chi connectivity index (χ0v) is 9.71. The number of carbonyl (C=O) groups excluding carboxylic acids is 2. The zero-order valence-electron chi connectivity index (χ0n) is 9.71. The molecule has 0 aliphatic heterocycles. The van der Waals surface area contributed by atoms with Crippen LogP contribution in [0.3, 0.4) is 0 Å². The minimum absolute atomic E-state index is 0.00477. The van der Waals surface area contributed by atoms with Gasteiger partial charge in [-0.1, -0.05) is 6.92 Å². The third-order valence-corrected chi connectivity index (χ3v) is 1.89. The maximum absolute atomic E-state index is 11.3. The van der Waals surface area contributed by atoms with Gasteiger partial charge in [0.1, 0.15) is 6.61 Å². The van der Waals surface area contributed by atoms with E-state index < -0.39 is 0 Å². The van der Waals surface area contributed by atoms with E-state index in [1.807, 2.05) is 11.8 Å². The summed E-state index contributed by atoms with van der Waals surface area (Å²) in [4.78, 5) is 24.3. The number of ketones is 1. The van der Waals surface area contributed by atoms with Crippen LogP contribution in [0.2, 0.25) is 0 Å². The van der Waals surface area contributed by atoms with Gasteiger partial charge in [-0.3, -0.25) is 14.5 Å². The van der Waals surface area contributed by atoms with E-state index in [1.54, 1.807) is 7.05 Å². The highest BCUT2D eigenvalue weighted by Gasteiger charge is 2.12. The normalized spacial score (nSPS) is 10.4. The molecule has 0 rings (SSSR count). The van der Waals surface area contributed by atoms with Crippen LogP contribution in [0, 0.1) is 0 Å². The third-order valence-electron chi connectivity index (χ3n) is 1.89. The van der Waals surface area contributed by atoms with Crippen LogP contribution in [0.5, 0.6) is 0 Å². The molecule has 5 nitrogen and oxygen atoms in total. The molecule has 0 radical (unpaired) electrons. The molecule has 1 N–H and O–H groups in total. The topological polar surface area (TPSA) is 58.6 Å². The van der Waals surface area contributed by atoms with E-state index in [-0.39, 0.29) is 31.4 Å². The fourth-order valence-corrected chi connectivity index (χ4v) is 1.27. The smallest absolute Gasteiger partial charge is 0.233 e. The molecule has 1 amide bonds. The zero-order chi connectivity index (χ0) is 11.7. The van der Waals surface area contributed by atoms with E-state index >= 15 is 0 Å². The number of nitrogens with one attached hydrogen (secondary N) is 1. The number of ether oxygens (including phenoxy) is 1. The van der Waals surface area contributed by atoms with Crippen molar-refractivity contribution in [2.75, 3.05) is 40.4 Å². The van der Waals surface area contributed by atoms with Crippen molar-refractivity contribution in [2.24, 2.45) is 0 Å². The average molecular weight is 216 g/mol. The molecular formula is C10H20N2O3. The fourth-order valence-electron chi connectivity index (χ4n) is 1.27. The molecule has 0 saturated carbocycles. The predicted molar refractivity (Wildman–Crippen MR) is 57.7 cm³/mol. The summed E-state index contributed by atoms with van der Waals surface area (Å²) in [6, 6.07) is 0. The number of methoxy groups -OCH3 is 1. The molecule has 0 unspecified atom stereocenters. The summed E-state index contributed by atoms with van der Waals surface area (Å²) in [7, 11) is 3.07. The quantitative estimate of drug-likeness (QED) is 0.603. The molecule has 0 aromatic heterocycles. The second kappa shape index (κ2) is 8.38. The summed E-state index contributed by atoms with van der Waals surface area (Å²) in [6.45, 7) is 3.39. The van der Waals surface area contributed by atoms with Gasteiger partial charge in [-0.15, -0.1) is 0 Å². The van der Waals surface area contributed by atoms with Crippen LogP contribution in [-0.4, -0.2) is 57.0 Å². The van der Waals surface area contributed by atoms with Gasteiger partial charge in [0.25, 0.3) is 0 Å². The Labute approximate surface area is 90.8 Å². The van der Waals surface area contributed by atoms with E-state index in [0.717, 1.165) is 13.0 Å². The maximum atomic E-state index is 11.3. The molecule has 0 bridgehead atoms. The predicted octanol–water partition coefficient (Wildman–Crippen LogP) is -0.340. The molecule has 0 saturated heterocycles. The fraction of sp³-hybridized carbons (Fsp3) is 0.800. The number of carbonyl (C=O) groups is 2. The van der Waals surface area contributed by atoms with Gasteiger partial charge in [-0.05, 0) is 13.0 Å². The lowest BCUT2D eigenvalue weighted by Gasteiger charge is -2.19. The van der Waals surface area contributed by atoms with Gasteiger partial charge in [0.15, 0.2) is 5.78 Å². The highest BCUT2D eigenvalue weighted by atomic mass is 16.5. The van der Waals surface area contributed by atoms with E-state index in [0.29, 0.717) is 0 Å². The van der Waals surface area contributed by atoms with Gasteiger partial charge in [0, 0.05) is 14.2 Å². The van der Waals surface area contributed by atoms with Crippen molar-refractivity contribution in [3.05, 3.63) is 0 Å². The number of amides is 1. The van der Waals surface area contributed by atoms with Crippen LogP contribution in [0.1, 0.15) is 13.3 Å². The SMILES string of the molecule is CCCN(CC(=O)COC)CC(=O)NC. The Bertz CT molecular complexity index is 207. The minimum atomic E-state index is -0.0753. The van der Waals surface area contributed by atoms with Gasteiger partial charge >= 0.3 is 0 Å². The van der Waals surface area contributed by atoms with Gasteiger partial charge < -0.3 is 10.1 Å². The van der Waals surface area contributed by atoms with Crippen LogP contribution >= 0.6 is 0 Å². The Morgan fingerprint density at radius 2 is 2.00 bits per heavy atom. The molecule has 0 aromatic rings. The number of hydrogen-bond acceptors (Lipinski definition) is 4. The van der Waals surface area contributed by atoms with Gasteiger partial charge in [-0.25, -0.2) is 0 Å². The first-order valence-electron chi connectivity index (χ1n) is 5.07. The van der Waals surface area contributed by atoms with Crippen molar-refractivity contribution in [3.8, 4) is 0 Å². The number of hydrogen-bond donors (Lipinski definition) is 1. The lowest BCUT2D eigenvalue weighted by molar-refractivity contribution is -0.125. The Morgan fingerprint density at radius 1 is 1.33 bits per heavy atom. The lowest BCUT2D eigenvalue weighted by Crippen LogP contribution is -2.39. The second-order valence-electron chi connectivity index (χ2n) is 3.36. The van der Waals surface area contributed by atoms with Crippen molar-refractivity contribution >= 4 is 11.7 Å². The average Bonchev–Trinajstić information content (AvgIpc) is 2.18. The molecule has 0 aliphatic carbocycles. The molecule has 88 valence electrons. The number of likely N-dealkylation sites (N-methyl/N-ethyl adjacent to an activating group) is 1. The Hall–Kier alpha value is -0.940. The van der Waals surface area contributed by atoms with Gasteiger partial charge in [0.2, 0.25) is 5.91 Å². The van der Waals surface area contributed by atoms with Crippen molar-refractivity contribution < 1.29 is 14.3 Å². The molecule has 15 heavy (non-hydrogen) atoms. The van der Waals surface area contributed by atoms with Crippen molar-refractivity contribution in [3.63, 3.8) is 0 Å². The summed E-state index contributed by atoms with van der Waals surface area (Å²) in [5.41, 5.74) is 0. The first-order valence-corrected chi connectivity index (χ1v) is 5.07. The largest absolute Gasteiger partial charge is 0.377 e. The van der Waals surface area contributed by atoms with Gasteiger partial charge in [0.05, 0.1) is 13.1 Å². The number of rotatable bonds is 8. The van der Waals surface area contributed by atoms with Crippen LogP contribution < -0.4 is 5.32 Å². The maximum Gasteiger partial charge on any atom is 0.233 e. The van der Waals surface area contributed by atoms with Crippen LogP contribution in [0.4, 0.5) is 0 Å². The van der Waals surface area contributed by atoms with Crippen molar-refractivity contribution in [1.82, 2.24) is 10.2 Å². The first kappa shape index (κ1) is 14.1. The second-order valence-corrected chi connectivity index (χ2v) is 3.36. The van der Waals surface area contributed by atoms with Crippen LogP contribution in [0.25, 0.3) is 0 Å². The van der Waals surface area contributed by atoms with E-state index in [9.17, 15) is 9.59 Å². The molecule has 0 fully saturated rings. The van der Waals surface area contributed by atoms with Crippen molar-refractivity contribution in [1.29, 1.82) is 0 Å². The lowest BCUT2D eigenvalue weighted by atomic mass is 10.3. The van der Waals surface area contributed by atoms with Crippen LogP contribution in [0.15, 0.2) is 0 Å².